The van der Waals surface area contributed by atoms with E-state index >= 15 is 0 Å². The van der Waals surface area contributed by atoms with Crippen LogP contribution in [-0.2, 0) is 20.7 Å². The average Bonchev–Trinajstić information content (AvgIpc) is 2.60. The molecule has 1 aromatic rings. The first-order chi connectivity index (χ1) is 7.63. The monoisotopic (exact) mass is 225 g/mol. The van der Waals surface area contributed by atoms with Gasteiger partial charge >= 0.3 is 11.9 Å². The summed E-state index contributed by atoms with van der Waals surface area (Å²) in [6.07, 6.45) is 0.540. The molecule has 16 heavy (non-hydrogen) atoms. The molecule has 0 saturated carbocycles. The van der Waals surface area contributed by atoms with Crippen LogP contribution in [-0.4, -0.2) is 46.6 Å². The fraction of sp³-hybridized carbons (Fsp3) is 0.556. The first kappa shape index (κ1) is 10.7. The van der Waals surface area contributed by atoms with Crippen LogP contribution in [0.3, 0.4) is 0 Å². The predicted octanol–water partition coefficient (Wildman–Crippen LogP) is -0.694. The van der Waals surface area contributed by atoms with Gasteiger partial charge in [0.05, 0.1) is 13.1 Å². The molecule has 7 nitrogen and oxygen atoms in total. The lowest BCUT2D eigenvalue weighted by molar-refractivity contribution is -0.166. The second-order valence-electron chi connectivity index (χ2n) is 3.54. The first-order valence-electron chi connectivity index (χ1n) is 4.88. The van der Waals surface area contributed by atoms with Gasteiger partial charge in [0.1, 0.15) is 0 Å². The van der Waals surface area contributed by atoms with Crippen LogP contribution in [0, 0.1) is 6.92 Å². The number of nitrogens with zero attached hydrogens (tertiary/aromatic N) is 3. The smallest absolute Gasteiger partial charge is 0.327 e. The van der Waals surface area contributed by atoms with E-state index in [2.05, 4.69) is 14.9 Å². The Morgan fingerprint density at radius 1 is 1.31 bits per heavy atom. The number of esters is 2. The van der Waals surface area contributed by atoms with E-state index in [1.807, 2.05) is 0 Å². The predicted molar refractivity (Wildman–Crippen MR) is 50.3 cm³/mol. The van der Waals surface area contributed by atoms with E-state index in [0.29, 0.717) is 24.7 Å². The topological polar surface area (TPSA) is 85.5 Å². The van der Waals surface area contributed by atoms with Gasteiger partial charge in [-0.2, -0.15) is 4.98 Å². The molecule has 1 aliphatic rings. The van der Waals surface area contributed by atoms with E-state index in [1.54, 1.807) is 11.8 Å². The summed E-state index contributed by atoms with van der Waals surface area (Å²) in [6.45, 7) is 2.49. The minimum atomic E-state index is -0.513. The van der Waals surface area contributed by atoms with Gasteiger partial charge in [0.25, 0.3) is 0 Å². The summed E-state index contributed by atoms with van der Waals surface area (Å²) in [5, 5.41) is 3.72. The molecule has 0 aliphatic carbocycles. The van der Waals surface area contributed by atoms with E-state index < -0.39 is 11.9 Å². The van der Waals surface area contributed by atoms with Crippen LogP contribution in [0.15, 0.2) is 4.52 Å². The highest BCUT2D eigenvalue weighted by molar-refractivity contribution is 5.90. The van der Waals surface area contributed by atoms with Crippen molar-refractivity contribution in [3.05, 3.63) is 11.7 Å². The molecule has 0 atom stereocenters. The van der Waals surface area contributed by atoms with Gasteiger partial charge in [0.15, 0.2) is 5.82 Å². The number of carbonyl (C=O) groups excluding carboxylic acids is 2. The number of hydrogen-bond acceptors (Lipinski definition) is 7. The molecule has 2 heterocycles. The number of aryl methyl sites for hydroxylation is 1. The van der Waals surface area contributed by atoms with E-state index in [1.165, 1.54) is 0 Å². The molecule has 0 unspecified atom stereocenters. The Morgan fingerprint density at radius 2 is 2.00 bits per heavy atom. The Bertz CT molecular complexity index is 399. The molecule has 0 N–H and O–H groups in total. The van der Waals surface area contributed by atoms with Crippen molar-refractivity contribution < 1.29 is 18.8 Å². The second kappa shape index (κ2) is 4.40. The first-order valence-corrected chi connectivity index (χ1v) is 4.88. The zero-order valence-electron chi connectivity index (χ0n) is 8.80. The standard InChI is InChI=1S/C9H11N3O4/c1-6-10-7(11-16-6)2-3-12-4-8(13)15-9(14)5-12/h2-5H2,1H3. The molecule has 7 heteroatoms. The molecular formula is C9H11N3O4. The largest absolute Gasteiger partial charge is 0.391 e. The minimum absolute atomic E-state index is 0.128. The normalized spacial score (nSPS) is 17.6. The van der Waals surface area contributed by atoms with Gasteiger partial charge in [-0.3, -0.25) is 14.5 Å². The summed E-state index contributed by atoms with van der Waals surface area (Å²) in [7, 11) is 0. The Kier molecular flexibility index (Phi) is 2.95. The van der Waals surface area contributed by atoms with Gasteiger partial charge in [0.2, 0.25) is 5.89 Å². The summed E-state index contributed by atoms with van der Waals surface area (Å²) in [6, 6.07) is 0. The SMILES string of the molecule is Cc1nc(CCN2CC(=O)OC(=O)C2)no1. The van der Waals surface area contributed by atoms with Gasteiger partial charge < -0.3 is 9.26 Å². The quantitative estimate of drug-likeness (QED) is 0.497. The average molecular weight is 225 g/mol. The second-order valence-corrected chi connectivity index (χ2v) is 3.54. The highest BCUT2D eigenvalue weighted by Crippen LogP contribution is 2.02. The van der Waals surface area contributed by atoms with Crippen LogP contribution >= 0.6 is 0 Å². The molecule has 1 fully saturated rings. The molecule has 1 aromatic heterocycles. The zero-order chi connectivity index (χ0) is 11.5. The number of aromatic nitrogens is 2. The van der Waals surface area contributed by atoms with E-state index in [9.17, 15) is 9.59 Å². The molecule has 86 valence electrons. The molecule has 1 saturated heterocycles. The highest BCUT2D eigenvalue weighted by Gasteiger charge is 2.24. The summed E-state index contributed by atoms with van der Waals surface area (Å²) in [5.41, 5.74) is 0. The Balaban J connectivity index is 1.85. The van der Waals surface area contributed by atoms with Crippen LogP contribution in [0.4, 0.5) is 0 Å². The van der Waals surface area contributed by atoms with Crippen molar-refractivity contribution >= 4 is 11.9 Å². The van der Waals surface area contributed by atoms with Crippen LogP contribution in [0.2, 0.25) is 0 Å². The van der Waals surface area contributed by atoms with Gasteiger partial charge in [-0.05, 0) is 0 Å². The van der Waals surface area contributed by atoms with E-state index in [-0.39, 0.29) is 13.1 Å². The molecule has 0 spiro atoms. The van der Waals surface area contributed by atoms with Crippen LogP contribution in [0.1, 0.15) is 11.7 Å². The number of morpholine rings is 1. The Labute approximate surface area is 91.4 Å². The number of rotatable bonds is 3. The van der Waals surface area contributed by atoms with Crippen molar-refractivity contribution in [3.8, 4) is 0 Å². The van der Waals surface area contributed by atoms with Gasteiger partial charge in [-0.15, -0.1) is 0 Å². The minimum Gasteiger partial charge on any atom is -0.391 e. The summed E-state index contributed by atoms with van der Waals surface area (Å²) in [5.74, 6) is 0.0501. The number of carbonyl (C=O) groups is 2. The van der Waals surface area contributed by atoms with Crippen LogP contribution in [0.25, 0.3) is 0 Å². The Hall–Kier alpha value is -1.76. The zero-order valence-corrected chi connectivity index (χ0v) is 8.80. The molecule has 0 aromatic carbocycles. The Morgan fingerprint density at radius 3 is 2.56 bits per heavy atom. The molecule has 0 bridgehead atoms. The molecule has 0 amide bonds. The highest BCUT2D eigenvalue weighted by atomic mass is 16.6. The third kappa shape index (κ3) is 2.63. The lowest BCUT2D eigenvalue weighted by Crippen LogP contribution is -2.43. The number of ether oxygens (including phenoxy) is 1. The molecular weight excluding hydrogens is 214 g/mol. The van der Waals surface area contributed by atoms with E-state index in [4.69, 9.17) is 4.52 Å². The van der Waals surface area contributed by atoms with Crippen molar-refractivity contribution in [1.29, 1.82) is 0 Å². The maximum Gasteiger partial charge on any atom is 0.327 e. The lowest BCUT2D eigenvalue weighted by Gasteiger charge is -2.23. The fourth-order valence-corrected chi connectivity index (χ4v) is 1.47. The summed E-state index contributed by atoms with van der Waals surface area (Å²) in [4.78, 5) is 27.7. The number of hydrogen-bond donors (Lipinski definition) is 0. The van der Waals surface area contributed by atoms with Gasteiger partial charge in [-0.25, -0.2) is 0 Å². The van der Waals surface area contributed by atoms with Crippen molar-refractivity contribution in [2.75, 3.05) is 19.6 Å². The fourth-order valence-electron chi connectivity index (χ4n) is 1.47. The number of cyclic esters (lactones) is 2. The summed E-state index contributed by atoms with van der Waals surface area (Å²) < 4.78 is 9.21. The maximum atomic E-state index is 11.0. The van der Waals surface area contributed by atoms with Crippen molar-refractivity contribution in [3.63, 3.8) is 0 Å². The van der Waals surface area contributed by atoms with Gasteiger partial charge in [-0.1, -0.05) is 5.16 Å². The van der Waals surface area contributed by atoms with Crippen molar-refractivity contribution in [2.24, 2.45) is 0 Å². The van der Waals surface area contributed by atoms with Crippen molar-refractivity contribution in [1.82, 2.24) is 15.0 Å². The third-order valence-electron chi connectivity index (χ3n) is 2.15. The summed E-state index contributed by atoms with van der Waals surface area (Å²) >= 11 is 0. The lowest BCUT2D eigenvalue weighted by atomic mass is 10.3. The van der Waals surface area contributed by atoms with Crippen LogP contribution in [0.5, 0.6) is 0 Å². The van der Waals surface area contributed by atoms with Crippen molar-refractivity contribution in [2.45, 2.75) is 13.3 Å². The molecule has 0 radical (unpaired) electrons. The maximum absolute atomic E-state index is 11.0. The van der Waals surface area contributed by atoms with Gasteiger partial charge in [0, 0.05) is 19.9 Å². The third-order valence-corrected chi connectivity index (χ3v) is 2.15. The molecule has 2 rings (SSSR count). The molecule has 1 aliphatic heterocycles. The van der Waals surface area contributed by atoms with E-state index in [0.717, 1.165) is 0 Å². The van der Waals surface area contributed by atoms with Crippen LogP contribution < -0.4 is 0 Å².